The van der Waals surface area contributed by atoms with E-state index in [-0.39, 0.29) is 12.5 Å². The van der Waals surface area contributed by atoms with Crippen molar-refractivity contribution in [2.75, 3.05) is 26.4 Å². The number of thioether (sulfide) groups is 1. The first-order valence-electron chi connectivity index (χ1n) is 5.85. The van der Waals surface area contributed by atoms with E-state index in [1.54, 1.807) is 30.8 Å². The van der Waals surface area contributed by atoms with Crippen molar-refractivity contribution in [1.82, 2.24) is 10.2 Å². The second-order valence-electron chi connectivity index (χ2n) is 4.33. The molecule has 1 amide bonds. The van der Waals surface area contributed by atoms with E-state index in [1.165, 1.54) is 5.56 Å². The van der Waals surface area contributed by atoms with Gasteiger partial charge in [-0.05, 0) is 5.56 Å². The number of benzene rings is 1. The Labute approximate surface area is 111 Å². The lowest BCUT2D eigenvalue weighted by Crippen LogP contribution is -2.26. The molecule has 1 N–H and O–H groups in total. The molecule has 1 atom stereocenters. The van der Waals surface area contributed by atoms with Crippen molar-refractivity contribution in [3.8, 4) is 0 Å². The van der Waals surface area contributed by atoms with Crippen LogP contribution < -0.4 is 5.32 Å². The summed E-state index contributed by atoms with van der Waals surface area (Å²) in [7, 11) is 3.48. The maximum atomic E-state index is 11.4. The zero-order chi connectivity index (χ0) is 13.0. The Bertz CT molecular complexity index is 445. The number of aliphatic imine (C=N–C) groups is 1. The van der Waals surface area contributed by atoms with Crippen LogP contribution >= 0.6 is 11.8 Å². The number of likely N-dealkylation sites (N-methyl/N-ethyl adjacent to an activating group) is 1. The molecule has 18 heavy (non-hydrogen) atoms. The molecule has 5 heteroatoms. The third-order valence-electron chi connectivity index (χ3n) is 2.74. The van der Waals surface area contributed by atoms with E-state index in [0.29, 0.717) is 6.04 Å². The summed E-state index contributed by atoms with van der Waals surface area (Å²) in [6.45, 7) is 0.212. The minimum atomic E-state index is 0.0214. The van der Waals surface area contributed by atoms with E-state index in [4.69, 9.17) is 0 Å². The molecule has 4 nitrogen and oxygen atoms in total. The number of hydrogen-bond acceptors (Lipinski definition) is 3. The minimum Gasteiger partial charge on any atom is -0.357 e. The van der Waals surface area contributed by atoms with E-state index < -0.39 is 0 Å². The SMILES string of the molecule is CN(C)C(=O)CN=C1NC(c2ccccc2)CS1. The van der Waals surface area contributed by atoms with Gasteiger partial charge in [-0.1, -0.05) is 42.1 Å². The highest BCUT2D eigenvalue weighted by molar-refractivity contribution is 8.14. The third kappa shape index (κ3) is 3.26. The van der Waals surface area contributed by atoms with Gasteiger partial charge in [-0.15, -0.1) is 0 Å². The molecule has 1 fully saturated rings. The molecule has 0 bridgehead atoms. The number of nitrogens with zero attached hydrogens (tertiary/aromatic N) is 2. The minimum absolute atomic E-state index is 0.0214. The summed E-state index contributed by atoms with van der Waals surface area (Å²) < 4.78 is 0. The first-order chi connectivity index (χ1) is 8.66. The Morgan fingerprint density at radius 1 is 1.44 bits per heavy atom. The molecule has 2 rings (SSSR count). The molecule has 0 spiro atoms. The molecule has 1 aromatic rings. The molecule has 0 aromatic heterocycles. The summed E-state index contributed by atoms with van der Waals surface area (Å²) in [5.41, 5.74) is 1.26. The van der Waals surface area contributed by atoms with Gasteiger partial charge in [-0.25, -0.2) is 0 Å². The van der Waals surface area contributed by atoms with Gasteiger partial charge < -0.3 is 10.2 Å². The van der Waals surface area contributed by atoms with Crippen LogP contribution in [0.25, 0.3) is 0 Å². The number of carbonyl (C=O) groups is 1. The number of rotatable bonds is 3. The van der Waals surface area contributed by atoms with Gasteiger partial charge in [0.15, 0.2) is 5.17 Å². The molecule has 0 radical (unpaired) electrons. The summed E-state index contributed by atoms with van der Waals surface area (Å²) in [5, 5.41) is 4.20. The maximum absolute atomic E-state index is 11.4. The van der Waals surface area contributed by atoms with Gasteiger partial charge in [0, 0.05) is 19.8 Å². The van der Waals surface area contributed by atoms with E-state index in [0.717, 1.165) is 10.9 Å². The number of hydrogen-bond donors (Lipinski definition) is 1. The maximum Gasteiger partial charge on any atom is 0.243 e. The van der Waals surface area contributed by atoms with E-state index in [2.05, 4.69) is 22.4 Å². The predicted molar refractivity (Wildman–Crippen MR) is 75.8 cm³/mol. The number of nitrogens with one attached hydrogen (secondary N) is 1. The molecule has 1 aliphatic heterocycles. The Balaban J connectivity index is 1.93. The Morgan fingerprint density at radius 2 is 2.17 bits per heavy atom. The van der Waals surface area contributed by atoms with Crippen molar-refractivity contribution in [2.24, 2.45) is 4.99 Å². The van der Waals surface area contributed by atoms with E-state index in [1.807, 2.05) is 18.2 Å². The van der Waals surface area contributed by atoms with Gasteiger partial charge in [0.05, 0.1) is 6.04 Å². The van der Waals surface area contributed by atoms with Gasteiger partial charge in [0.25, 0.3) is 0 Å². The standard InChI is InChI=1S/C13H17N3OS/c1-16(2)12(17)8-14-13-15-11(9-18-13)10-6-4-3-5-7-10/h3-7,11H,8-9H2,1-2H3,(H,14,15). The molecule has 96 valence electrons. The monoisotopic (exact) mass is 263 g/mol. The highest BCUT2D eigenvalue weighted by Crippen LogP contribution is 2.25. The summed E-state index contributed by atoms with van der Waals surface area (Å²) in [6.07, 6.45) is 0. The van der Waals surface area contributed by atoms with Gasteiger partial charge >= 0.3 is 0 Å². The number of amidine groups is 1. The lowest BCUT2D eigenvalue weighted by molar-refractivity contribution is -0.127. The van der Waals surface area contributed by atoms with Crippen LogP contribution in [0.5, 0.6) is 0 Å². The van der Waals surface area contributed by atoms with Gasteiger partial charge in [0.1, 0.15) is 6.54 Å². The van der Waals surface area contributed by atoms with Gasteiger partial charge in [-0.2, -0.15) is 0 Å². The molecule has 1 unspecified atom stereocenters. The summed E-state index contributed by atoms with van der Waals surface area (Å²) in [5.74, 6) is 0.979. The molecule has 1 aromatic carbocycles. The Morgan fingerprint density at radius 3 is 2.83 bits per heavy atom. The second-order valence-corrected chi connectivity index (χ2v) is 5.34. The average Bonchev–Trinajstić information content (AvgIpc) is 2.85. The fourth-order valence-electron chi connectivity index (χ4n) is 1.63. The van der Waals surface area contributed by atoms with Crippen LogP contribution in [0.4, 0.5) is 0 Å². The topological polar surface area (TPSA) is 44.7 Å². The van der Waals surface area contributed by atoms with Crippen molar-refractivity contribution in [3.63, 3.8) is 0 Å². The van der Waals surface area contributed by atoms with Crippen molar-refractivity contribution >= 4 is 22.8 Å². The number of amides is 1. The summed E-state index contributed by atoms with van der Waals surface area (Å²) in [4.78, 5) is 17.3. The quantitative estimate of drug-likeness (QED) is 0.899. The van der Waals surface area contributed by atoms with Crippen molar-refractivity contribution in [1.29, 1.82) is 0 Å². The molecular formula is C13H17N3OS. The molecule has 0 saturated carbocycles. The summed E-state index contributed by atoms with van der Waals surface area (Å²) >= 11 is 1.67. The molecule has 1 aliphatic rings. The molecule has 1 saturated heterocycles. The highest BCUT2D eigenvalue weighted by atomic mass is 32.2. The zero-order valence-corrected chi connectivity index (χ0v) is 11.4. The van der Waals surface area contributed by atoms with Crippen molar-refractivity contribution in [3.05, 3.63) is 35.9 Å². The molecular weight excluding hydrogens is 246 g/mol. The van der Waals surface area contributed by atoms with Crippen LogP contribution in [0, 0.1) is 0 Å². The summed E-state index contributed by atoms with van der Waals surface area (Å²) in [6, 6.07) is 10.6. The van der Waals surface area contributed by atoms with Crippen LogP contribution in [0.3, 0.4) is 0 Å². The predicted octanol–water partition coefficient (Wildman–Crippen LogP) is 1.51. The second kappa shape index (κ2) is 5.91. The van der Waals surface area contributed by atoms with Gasteiger partial charge in [0.2, 0.25) is 5.91 Å². The fraction of sp³-hybridized carbons (Fsp3) is 0.385. The van der Waals surface area contributed by atoms with Crippen molar-refractivity contribution < 1.29 is 4.79 Å². The largest absolute Gasteiger partial charge is 0.357 e. The van der Waals surface area contributed by atoms with E-state index >= 15 is 0 Å². The molecule has 1 heterocycles. The van der Waals surface area contributed by atoms with Crippen LogP contribution in [0.1, 0.15) is 11.6 Å². The van der Waals surface area contributed by atoms with E-state index in [9.17, 15) is 4.79 Å². The van der Waals surface area contributed by atoms with Crippen LogP contribution in [0.15, 0.2) is 35.3 Å². The smallest absolute Gasteiger partial charge is 0.243 e. The lowest BCUT2D eigenvalue weighted by Gasteiger charge is -2.10. The Hall–Kier alpha value is -1.49. The highest BCUT2D eigenvalue weighted by Gasteiger charge is 2.21. The fourth-order valence-corrected chi connectivity index (χ4v) is 2.61. The first-order valence-corrected chi connectivity index (χ1v) is 6.84. The lowest BCUT2D eigenvalue weighted by atomic mass is 10.1. The third-order valence-corrected chi connectivity index (χ3v) is 3.76. The van der Waals surface area contributed by atoms with Crippen molar-refractivity contribution in [2.45, 2.75) is 6.04 Å². The van der Waals surface area contributed by atoms with Gasteiger partial charge in [-0.3, -0.25) is 9.79 Å². The normalized spacial score (nSPS) is 20.8. The first kappa shape index (κ1) is 13.0. The molecule has 0 aliphatic carbocycles. The zero-order valence-electron chi connectivity index (χ0n) is 10.6. The Kier molecular flexibility index (Phi) is 4.25. The van der Waals surface area contributed by atoms with Crippen LogP contribution in [-0.4, -0.2) is 42.4 Å². The average molecular weight is 263 g/mol. The van der Waals surface area contributed by atoms with Crippen LogP contribution in [-0.2, 0) is 4.79 Å². The number of carbonyl (C=O) groups excluding carboxylic acids is 1. The van der Waals surface area contributed by atoms with Crippen LogP contribution in [0.2, 0.25) is 0 Å².